The van der Waals surface area contributed by atoms with Gasteiger partial charge in [-0.25, -0.2) is 0 Å². The van der Waals surface area contributed by atoms with Crippen molar-refractivity contribution in [3.05, 3.63) is 70.7 Å². The molecule has 0 saturated carbocycles. The fraction of sp³-hybridized carbons (Fsp3) is 0.458. The number of benzene rings is 1. The maximum atomic E-state index is 13.4. The van der Waals surface area contributed by atoms with E-state index in [-0.39, 0.29) is 25.9 Å². The van der Waals surface area contributed by atoms with Crippen molar-refractivity contribution in [3.63, 3.8) is 0 Å². The number of carboxylic acids is 1. The van der Waals surface area contributed by atoms with E-state index < -0.39 is 21.7 Å². The molecule has 2 rings (SSSR count). The van der Waals surface area contributed by atoms with Crippen LogP contribution in [0.4, 0.5) is 0 Å². The molecule has 0 bridgehead atoms. The molecule has 1 aromatic rings. The van der Waals surface area contributed by atoms with Gasteiger partial charge in [0.1, 0.15) is 5.54 Å². The first-order valence-electron chi connectivity index (χ1n) is 10.8. The SMILES string of the molecule is CCC(Cc1ccccc1)(NS(=O)(=O)N1CCC(/C=C(\C)OC)=C(/C=C(\C)OC)C1)C(=O)O. The minimum atomic E-state index is -4.10. The zero-order chi connectivity index (χ0) is 24.6. The Kier molecular flexibility index (Phi) is 9.27. The first-order valence-corrected chi connectivity index (χ1v) is 12.2. The summed E-state index contributed by atoms with van der Waals surface area (Å²) in [5.41, 5.74) is 0.795. The Bertz CT molecular complexity index is 1030. The van der Waals surface area contributed by atoms with Crippen LogP contribution in [0.5, 0.6) is 0 Å². The number of methoxy groups -OCH3 is 2. The van der Waals surface area contributed by atoms with Gasteiger partial charge in [-0.05, 0) is 55.6 Å². The molecule has 1 atom stereocenters. The molecule has 8 nitrogen and oxygen atoms in total. The van der Waals surface area contributed by atoms with Gasteiger partial charge in [0.05, 0.1) is 25.7 Å². The third-order valence-electron chi connectivity index (χ3n) is 5.81. The van der Waals surface area contributed by atoms with Gasteiger partial charge < -0.3 is 14.6 Å². The number of carboxylic acid groups (broad SMARTS) is 1. The summed E-state index contributed by atoms with van der Waals surface area (Å²) in [4.78, 5) is 12.3. The second-order valence-corrected chi connectivity index (χ2v) is 9.73. The highest BCUT2D eigenvalue weighted by atomic mass is 32.2. The molecule has 33 heavy (non-hydrogen) atoms. The summed E-state index contributed by atoms with van der Waals surface area (Å²) in [7, 11) is -0.978. The smallest absolute Gasteiger partial charge is 0.325 e. The van der Waals surface area contributed by atoms with Gasteiger partial charge >= 0.3 is 5.97 Å². The van der Waals surface area contributed by atoms with Crippen LogP contribution in [0.3, 0.4) is 0 Å². The standard InChI is InChI=1S/C24H34N2O6S/c1-6-24(23(27)28,16-20-10-8-7-9-11-20)25-33(29,30)26-13-12-21(14-18(2)31-4)22(17-26)15-19(3)32-5/h7-11,14-15,25H,6,12-13,16-17H2,1-5H3,(H,27,28)/b18-14+,19-15+. The van der Waals surface area contributed by atoms with Crippen LogP contribution < -0.4 is 4.72 Å². The Balaban J connectivity index is 2.39. The number of ether oxygens (including phenoxy) is 2. The predicted molar refractivity (Wildman–Crippen MR) is 128 cm³/mol. The van der Waals surface area contributed by atoms with E-state index in [0.29, 0.717) is 17.9 Å². The third kappa shape index (κ3) is 6.93. The topological polar surface area (TPSA) is 105 Å². The van der Waals surface area contributed by atoms with Gasteiger partial charge in [-0.3, -0.25) is 4.79 Å². The van der Waals surface area contributed by atoms with E-state index >= 15 is 0 Å². The van der Waals surface area contributed by atoms with Crippen LogP contribution in [0.2, 0.25) is 0 Å². The summed E-state index contributed by atoms with van der Waals surface area (Å²) in [5, 5.41) is 10.0. The van der Waals surface area contributed by atoms with Crippen LogP contribution in [0, 0.1) is 0 Å². The van der Waals surface area contributed by atoms with Crippen molar-refractivity contribution in [3.8, 4) is 0 Å². The Morgan fingerprint density at radius 3 is 2.21 bits per heavy atom. The molecule has 0 aliphatic carbocycles. The van der Waals surface area contributed by atoms with Gasteiger partial charge in [0.15, 0.2) is 0 Å². The monoisotopic (exact) mass is 478 g/mol. The minimum absolute atomic E-state index is 0.0408. The molecule has 2 N–H and O–H groups in total. The molecule has 182 valence electrons. The molecule has 0 fully saturated rings. The number of allylic oxidation sites excluding steroid dienone is 3. The predicted octanol–water partition coefficient (Wildman–Crippen LogP) is 3.40. The molecule has 0 aromatic heterocycles. The lowest BCUT2D eigenvalue weighted by Gasteiger charge is -2.34. The summed E-state index contributed by atoms with van der Waals surface area (Å²) >= 11 is 0. The van der Waals surface area contributed by atoms with Crippen molar-refractivity contribution in [2.45, 2.75) is 45.6 Å². The Morgan fingerprint density at radius 2 is 1.70 bits per heavy atom. The van der Waals surface area contributed by atoms with Crippen molar-refractivity contribution >= 4 is 16.2 Å². The summed E-state index contributed by atoms with van der Waals surface area (Å²) in [6.07, 6.45) is 4.27. The maximum absolute atomic E-state index is 13.4. The van der Waals surface area contributed by atoms with Crippen molar-refractivity contribution in [1.29, 1.82) is 0 Å². The average molecular weight is 479 g/mol. The molecular formula is C24H34N2O6S. The third-order valence-corrected chi connectivity index (χ3v) is 7.45. The van der Waals surface area contributed by atoms with Crippen LogP contribution in [-0.4, -0.2) is 56.6 Å². The highest BCUT2D eigenvalue weighted by Gasteiger charge is 2.43. The van der Waals surface area contributed by atoms with Crippen LogP contribution in [0.25, 0.3) is 0 Å². The Hall–Kier alpha value is -2.62. The highest BCUT2D eigenvalue weighted by molar-refractivity contribution is 7.87. The van der Waals surface area contributed by atoms with Crippen molar-refractivity contribution < 1.29 is 27.8 Å². The average Bonchev–Trinajstić information content (AvgIpc) is 2.79. The van der Waals surface area contributed by atoms with Gasteiger partial charge in [-0.2, -0.15) is 17.4 Å². The lowest BCUT2D eigenvalue weighted by molar-refractivity contribution is -0.144. The first-order chi connectivity index (χ1) is 15.6. The van der Waals surface area contributed by atoms with E-state index in [1.165, 1.54) is 4.31 Å². The number of nitrogens with one attached hydrogen (secondary N) is 1. The zero-order valence-corrected chi connectivity index (χ0v) is 20.7. The molecule has 0 saturated heterocycles. The molecule has 0 amide bonds. The summed E-state index contributed by atoms with van der Waals surface area (Å²) in [5.74, 6) is 0.134. The van der Waals surface area contributed by atoms with Gasteiger partial charge in [-0.1, -0.05) is 37.3 Å². The number of rotatable bonds is 11. The highest BCUT2D eigenvalue weighted by Crippen LogP contribution is 2.26. The quantitative estimate of drug-likeness (QED) is 0.472. The van der Waals surface area contributed by atoms with Crippen LogP contribution >= 0.6 is 0 Å². The second kappa shape index (κ2) is 11.5. The molecule has 1 heterocycles. The fourth-order valence-electron chi connectivity index (χ4n) is 3.65. The molecule has 1 unspecified atom stereocenters. The van der Waals surface area contributed by atoms with Gasteiger partial charge in [0.2, 0.25) is 0 Å². The minimum Gasteiger partial charge on any atom is -0.501 e. The molecule has 1 aromatic carbocycles. The van der Waals surface area contributed by atoms with Crippen molar-refractivity contribution in [1.82, 2.24) is 9.03 Å². The second-order valence-electron chi connectivity index (χ2n) is 8.06. The molecule has 0 radical (unpaired) electrons. The molecular weight excluding hydrogens is 444 g/mol. The van der Waals surface area contributed by atoms with Crippen molar-refractivity contribution in [2.75, 3.05) is 27.3 Å². The van der Waals surface area contributed by atoms with Gasteiger partial charge in [-0.15, -0.1) is 0 Å². The van der Waals surface area contributed by atoms with E-state index in [0.717, 1.165) is 16.7 Å². The number of nitrogens with zero attached hydrogens (tertiary/aromatic N) is 1. The van der Waals surface area contributed by atoms with Gasteiger partial charge in [0, 0.05) is 19.5 Å². The largest absolute Gasteiger partial charge is 0.501 e. The van der Waals surface area contributed by atoms with E-state index in [9.17, 15) is 18.3 Å². The Labute approximate surface area is 196 Å². The summed E-state index contributed by atoms with van der Waals surface area (Å²) in [6, 6.07) is 9.01. The Morgan fingerprint density at radius 1 is 1.12 bits per heavy atom. The molecule has 9 heteroatoms. The normalized spacial score (nSPS) is 18.1. The van der Waals surface area contributed by atoms with E-state index in [1.54, 1.807) is 58.4 Å². The maximum Gasteiger partial charge on any atom is 0.325 e. The van der Waals surface area contributed by atoms with E-state index in [1.807, 2.05) is 19.1 Å². The zero-order valence-electron chi connectivity index (χ0n) is 19.9. The molecule has 1 aliphatic rings. The molecule has 0 spiro atoms. The number of aliphatic carboxylic acids is 1. The van der Waals surface area contributed by atoms with Gasteiger partial charge in [0.25, 0.3) is 10.2 Å². The summed E-state index contributed by atoms with van der Waals surface area (Å²) < 4.78 is 41.1. The number of carbonyl (C=O) groups is 1. The lowest BCUT2D eigenvalue weighted by Crippen LogP contribution is -2.59. The van der Waals surface area contributed by atoms with Crippen LogP contribution in [0.1, 0.15) is 39.2 Å². The molecule has 1 aliphatic heterocycles. The lowest BCUT2D eigenvalue weighted by atomic mass is 9.89. The summed E-state index contributed by atoms with van der Waals surface area (Å²) in [6.45, 7) is 5.59. The van der Waals surface area contributed by atoms with Crippen LogP contribution in [-0.2, 0) is 30.9 Å². The fourth-order valence-corrected chi connectivity index (χ4v) is 5.22. The van der Waals surface area contributed by atoms with Crippen LogP contribution in [0.15, 0.2) is 65.1 Å². The number of hydrogen-bond acceptors (Lipinski definition) is 5. The van der Waals surface area contributed by atoms with E-state index in [4.69, 9.17) is 9.47 Å². The first kappa shape index (κ1) is 26.6. The number of hydrogen-bond donors (Lipinski definition) is 2. The van der Waals surface area contributed by atoms with Crippen molar-refractivity contribution in [2.24, 2.45) is 0 Å². The van der Waals surface area contributed by atoms with E-state index in [2.05, 4.69) is 4.72 Å².